The third-order valence-electron chi connectivity index (χ3n) is 2.85. The van der Waals surface area contributed by atoms with E-state index in [1.54, 1.807) is 18.2 Å². The summed E-state index contributed by atoms with van der Waals surface area (Å²) in [5, 5.41) is 2.73. The second-order valence-electron chi connectivity index (χ2n) is 4.31. The van der Waals surface area contributed by atoms with Crippen LogP contribution < -0.4 is 10.1 Å². The molecule has 0 aliphatic rings. The van der Waals surface area contributed by atoms with E-state index in [1.807, 2.05) is 13.0 Å². The normalized spacial score (nSPS) is 9.91. The Bertz CT molecular complexity index is 668. The molecule has 2 rings (SSSR count). The van der Waals surface area contributed by atoms with E-state index in [-0.39, 0.29) is 17.2 Å². The minimum atomic E-state index is -0.499. The Morgan fingerprint density at radius 2 is 1.95 bits per heavy atom. The van der Waals surface area contributed by atoms with Crippen LogP contribution in [0.4, 0.5) is 5.69 Å². The Labute approximate surface area is 128 Å². The summed E-state index contributed by atoms with van der Waals surface area (Å²) < 4.78 is 10.0. The molecule has 1 aromatic carbocycles. The van der Waals surface area contributed by atoms with Crippen molar-refractivity contribution in [2.24, 2.45) is 0 Å². The molecule has 1 heterocycles. The Morgan fingerprint density at radius 1 is 1.18 bits per heavy atom. The number of nitrogens with zero attached hydrogens (tertiary/aromatic N) is 1. The number of benzene rings is 1. The van der Waals surface area contributed by atoms with Crippen molar-refractivity contribution < 1.29 is 19.1 Å². The van der Waals surface area contributed by atoms with Crippen molar-refractivity contribution in [2.75, 3.05) is 19.0 Å². The van der Waals surface area contributed by atoms with Crippen molar-refractivity contribution in [3.8, 4) is 5.75 Å². The number of methoxy groups -OCH3 is 1. The van der Waals surface area contributed by atoms with E-state index < -0.39 is 5.97 Å². The average Bonchev–Trinajstić information content (AvgIpc) is 2.56. The van der Waals surface area contributed by atoms with Crippen LogP contribution in [0.15, 0.2) is 42.6 Å². The monoisotopic (exact) mass is 300 g/mol. The molecule has 0 aliphatic carbocycles. The first-order valence-corrected chi connectivity index (χ1v) is 6.73. The summed E-state index contributed by atoms with van der Waals surface area (Å²) in [6, 6.07) is 10.1. The van der Waals surface area contributed by atoms with Gasteiger partial charge in [-0.3, -0.25) is 9.78 Å². The topological polar surface area (TPSA) is 77.5 Å². The summed E-state index contributed by atoms with van der Waals surface area (Å²) in [7, 11) is 1.29. The summed E-state index contributed by atoms with van der Waals surface area (Å²) in [4.78, 5) is 27.5. The number of pyridine rings is 1. The number of esters is 1. The Kier molecular flexibility index (Phi) is 5.08. The molecule has 0 radical (unpaired) electrons. The van der Waals surface area contributed by atoms with E-state index in [9.17, 15) is 9.59 Å². The number of anilines is 1. The molecule has 6 heteroatoms. The minimum absolute atomic E-state index is 0.193. The number of amides is 1. The van der Waals surface area contributed by atoms with Crippen molar-refractivity contribution in [2.45, 2.75) is 6.92 Å². The maximum Gasteiger partial charge on any atom is 0.339 e. The van der Waals surface area contributed by atoms with Gasteiger partial charge in [0.1, 0.15) is 11.4 Å². The molecular weight excluding hydrogens is 284 g/mol. The lowest BCUT2D eigenvalue weighted by Crippen LogP contribution is -2.15. The molecule has 1 aromatic heterocycles. The predicted molar refractivity (Wildman–Crippen MR) is 81.1 cm³/mol. The fourth-order valence-corrected chi connectivity index (χ4v) is 1.80. The van der Waals surface area contributed by atoms with Gasteiger partial charge in [0.05, 0.1) is 25.0 Å². The number of carbonyl (C=O) groups is 2. The van der Waals surface area contributed by atoms with E-state index in [0.29, 0.717) is 18.0 Å². The molecule has 1 amide bonds. The third-order valence-corrected chi connectivity index (χ3v) is 2.85. The Hall–Kier alpha value is -2.89. The van der Waals surface area contributed by atoms with Gasteiger partial charge in [0, 0.05) is 6.20 Å². The first-order chi connectivity index (χ1) is 10.7. The lowest BCUT2D eigenvalue weighted by molar-refractivity contribution is 0.0600. The smallest absolute Gasteiger partial charge is 0.339 e. The number of hydrogen-bond donors (Lipinski definition) is 1. The van der Waals surface area contributed by atoms with Gasteiger partial charge in [0.15, 0.2) is 0 Å². The van der Waals surface area contributed by atoms with Crippen LogP contribution >= 0.6 is 0 Å². The summed E-state index contributed by atoms with van der Waals surface area (Å²) >= 11 is 0. The van der Waals surface area contributed by atoms with Crippen LogP contribution in [0.25, 0.3) is 0 Å². The zero-order chi connectivity index (χ0) is 15.9. The van der Waals surface area contributed by atoms with Crippen LogP contribution in [0.1, 0.15) is 27.8 Å². The third kappa shape index (κ3) is 3.60. The van der Waals surface area contributed by atoms with E-state index in [4.69, 9.17) is 4.74 Å². The van der Waals surface area contributed by atoms with E-state index in [2.05, 4.69) is 15.0 Å². The first kappa shape index (κ1) is 15.5. The van der Waals surface area contributed by atoms with Gasteiger partial charge in [-0.05, 0) is 31.2 Å². The maximum atomic E-state index is 12.2. The predicted octanol–water partition coefficient (Wildman–Crippen LogP) is 2.52. The van der Waals surface area contributed by atoms with Gasteiger partial charge >= 0.3 is 5.97 Å². The van der Waals surface area contributed by atoms with Crippen molar-refractivity contribution in [3.05, 3.63) is 53.9 Å². The summed E-state index contributed by atoms with van der Waals surface area (Å²) in [6.45, 7) is 2.37. The number of hydrogen-bond acceptors (Lipinski definition) is 5. The number of carbonyl (C=O) groups excluding carboxylic acids is 2. The zero-order valence-electron chi connectivity index (χ0n) is 12.3. The van der Waals surface area contributed by atoms with E-state index >= 15 is 0 Å². The van der Waals surface area contributed by atoms with Crippen LogP contribution in [0.5, 0.6) is 5.75 Å². The second kappa shape index (κ2) is 7.21. The van der Waals surface area contributed by atoms with Gasteiger partial charge in [0.25, 0.3) is 5.91 Å². The Morgan fingerprint density at radius 3 is 2.59 bits per heavy atom. The number of ether oxygens (including phenoxy) is 2. The first-order valence-electron chi connectivity index (χ1n) is 6.73. The van der Waals surface area contributed by atoms with Crippen molar-refractivity contribution in [3.63, 3.8) is 0 Å². The number of nitrogens with one attached hydrogen (secondary N) is 1. The highest BCUT2D eigenvalue weighted by atomic mass is 16.5. The van der Waals surface area contributed by atoms with Crippen molar-refractivity contribution in [1.29, 1.82) is 0 Å². The minimum Gasteiger partial charge on any atom is -0.492 e. The largest absolute Gasteiger partial charge is 0.492 e. The molecular formula is C16H16N2O4. The molecule has 0 unspecified atom stereocenters. The van der Waals surface area contributed by atoms with Crippen molar-refractivity contribution in [1.82, 2.24) is 4.98 Å². The molecule has 0 saturated heterocycles. The van der Waals surface area contributed by atoms with Gasteiger partial charge in [-0.25, -0.2) is 4.79 Å². The lowest BCUT2D eigenvalue weighted by atomic mass is 10.2. The fraction of sp³-hybridized carbons (Fsp3) is 0.188. The van der Waals surface area contributed by atoms with E-state index in [1.165, 1.54) is 25.4 Å². The molecule has 0 aliphatic heterocycles. The van der Waals surface area contributed by atoms with Gasteiger partial charge in [-0.2, -0.15) is 0 Å². The molecule has 1 N–H and O–H groups in total. The number of rotatable bonds is 5. The molecule has 0 spiro atoms. The quantitative estimate of drug-likeness (QED) is 0.858. The Balaban J connectivity index is 2.14. The van der Waals surface area contributed by atoms with E-state index in [0.717, 1.165) is 0 Å². The van der Waals surface area contributed by atoms with Crippen LogP contribution in [0.3, 0.4) is 0 Å². The van der Waals surface area contributed by atoms with Crippen LogP contribution in [0, 0.1) is 0 Å². The molecule has 2 aromatic rings. The molecule has 0 saturated carbocycles. The molecule has 0 atom stereocenters. The molecule has 6 nitrogen and oxygen atoms in total. The van der Waals surface area contributed by atoms with Gasteiger partial charge < -0.3 is 14.8 Å². The van der Waals surface area contributed by atoms with Crippen LogP contribution in [-0.4, -0.2) is 30.6 Å². The fourth-order valence-electron chi connectivity index (χ4n) is 1.80. The molecule has 114 valence electrons. The number of aromatic nitrogens is 1. The standard InChI is InChI=1S/C16H16N2O4/c1-3-22-14-7-5-4-6-12(14)18-15(19)13-9-8-11(10-17-13)16(20)21-2/h4-10H,3H2,1-2H3,(H,18,19). The van der Waals surface area contributed by atoms with Gasteiger partial charge in [-0.15, -0.1) is 0 Å². The lowest BCUT2D eigenvalue weighted by Gasteiger charge is -2.11. The second-order valence-corrected chi connectivity index (χ2v) is 4.31. The van der Waals surface area contributed by atoms with Gasteiger partial charge in [0.2, 0.25) is 0 Å². The summed E-state index contributed by atoms with van der Waals surface area (Å²) in [6.07, 6.45) is 1.30. The highest BCUT2D eigenvalue weighted by Gasteiger charge is 2.12. The van der Waals surface area contributed by atoms with Crippen LogP contribution in [0.2, 0.25) is 0 Å². The molecule has 0 fully saturated rings. The SMILES string of the molecule is CCOc1ccccc1NC(=O)c1ccc(C(=O)OC)cn1. The average molecular weight is 300 g/mol. The van der Waals surface area contributed by atoms with Crippen molar-refractivity contribution >= 4 is 17.6 Å². The molecule has 22 heavy (non-hydrogen) atoms. The zero-order valence-corrected chi connectivity index (χ0v) is 12.3. The summed E-state index contributed by atoms with van der Waals surface area (Å²) in [5.74, 6) is -0.297. The molecule has 0 bridgehead atoms. The maximum absolute atomic E-state index is 12.2. The highest BCUT2D eigenvalue weighted by Crippen LogP contribution is 2.24. The van der Waals surface area contributed by atoms with Gasteiger partial charge in [-0.1, -0.05) is 12.1 Å². The summed E-state index contributed by atoms with van der Waals surface area (Å²) in [5.41, 5.74) is 1.04. The number of para-hydroxylation sites is 2. The highest BCUT2D eigenvalue weighted by molar-refractivity contribution is 6.04. The van der Waals surface area contributed by atoms with Crippen LogP contribution in [-0.2, 0) is 4.74 Å².